The van der Waals surface area contributed by atoms with Crippen LogP contribution in [0.3, 0.4) is 0 Å². The molecule has 0 amide bonds. The first-order valence-electron chi connectivity index (χ1n) is 28.9. The highest BCUT2D eigenvalue weighted by molar-refractivity contribution is 5.14. The summed E-state index contributed by atoms with van der Waals surface area (Å²) in [5.41, 5.74) is 7.03. The Morgan fingerprint density at radius 2 is 0.705 bits per heavy atom. The van der Waals surface area contributed by atoms with E-state index in [1.54, 1.807) is 55.9 Å². The van der Waals surface area contributed by atoms with Crippen molar-refractivity contribution in [3.05, 3.63) is 187 Å². The van der Waals surface area contributed by atoms with Crippen LogP contribution in [0.5, 0.6) is 0 Å². The smallest absolute Gasteiger partial charge is 0.130 e. The first-order chi connectivity index (χ1) is 37.1. The van der Waals surface area contributed by atoms with Gasteiger partial charge >= 0.3 is 0 Å². The van der Waals surface area contributed by atoms with Crippen LogP contribution in [-0.2, 0) is 0 Å². The normalized spacial score (nSPS) is 8.71. The minimum absolute atomic E-state index is 0. The fourth-order valence-electron chi connectivity index (χ4n) is 4.66. The Morgan fingerprint density at radius 3 is 0.974 bits per heavy atom. The highest BCUT2D eigenvalue weighted by atomic mass is 15.1. The summed E-state index contributed by atoms with van der Waals surface area (Å²) in [6.07, 6.45) is 23.0. The predicted octanol–water partition coefficient (Wildman–Crippen LogP) is 20.8. The standard InChI is InChI=1S/3C8H11N.4C7H10N2.7C2H6.CH4/c1-7(2)8-3-5-9-6-4-8;1-7(2)8-4-3-5-9-6-8;1-7(2)8-5-3-4-6-9-8;1-6(2)7-5-8-3-4-9-7;1-6(2)7-3-4-8-5-9-7;1-6(2)7-8-4-3-5-9-7;1-6(2)7-4-3-5-8-9-7;7*1-2;/h3*3-7H,1-2H3;4*3-6H,1-2H3;7*1-2H3;1H4. The van der Waals surface area contributed by atoms with Crippen LogP contribution < -0.4 is 0 Å². The van der Waals surface area contributed by atoms with Gasteiger partial charge in [0.2, 0.25) is 0 Å². The SMILES string of the molecule is C.CC.CC.CC.CC.CC.CC.CC.CC(C)c1ccccn1.CC(C)c1cccnc1.CC(C)c1cccnn1.CC(C)c1ccncc1.CC(C)c1ccncn1.CC(C)c1cnccn1.CC(C)c1ncccn1. The van der Waals surface area contributed by atoms with Crippen molar-refractivity contribution in [2.24, 2.45) is 0 Å². The zero-order chi connectivity index (χ0) is 60.8. The monoisotopic (exact) mass is 1080 g/mol. The summed E-state index contributed by atoms with van der Waals surface area (Å²) in [6, 6.07) is 21.8. The number of nitrogens with zero attached hydrogens (tertiary/aromatic N) is 11. The van der Waals surface area contributed by atoms with Crippen molar-refractivity contribution >= 4 is 0 Å². The lowest BCUT2D eigenvalue weighted by Gasteiger charge is -2.01. The van der Waals surface area contributed by atoms with Gasteiger partial charge in [0.05, 0.1) is 11.4 Å². The Morgan fingerprint density at radius 1 is 0.269 bits per heavy atom. The van der Waals surface area contributed by atoms with Crippen molar-refractivity contribution in [2.45, 2.75) is 243 Å². The van der Waals surface area contributed by atoms with Crippen LogP contribution in [0.4, 0.5) is 0 Å². The molecule has 0 saturated carbocycles. The van der Waals surface area contributed by atoms with Crippen LogP contribution >= 0.6 is 0 Å². The molecule has 0 bridgehead atoms. The van der Waals surface area contributed by atoms with Gasteiger partial charge in [-0.3, -0.25) is 24.9 Å². The molecule has 7 aromatic heterocycles. The molecule has 0 unspecified atom stereocenters. The Labute approximate surface area is 482 Å². The summed E-state index contributed by atoms with van der Waals surface area (Å²) in [5, 5.41) is 7.68. The van der Waals surface area contributed by atoms with Gasteiger partial charge in [-0.2, -0.15) is 10.2 Å². The Hall–Kier alpha value is -6.23. The van der Waals surface area contributed by atoms with Gasteiger partial charge in [0.1, 0.15) is 12.2 Å². The third kappa shape index (κ3) is 54.6. The van der Waals surface area contributed by atoms with E-state index in [-0.39, 0.29) is 7.43 Å². The highest BCUT2D eigenvalue weighted by Crippen LogP contribution is 2.13. The van der Waals surface area contributed by atoms with Crippen LogP contribution in [0.25, 0.3) is 0 Å². The van der Waals surface area contributed by atoms with E-state index in [2.05, 4.69) is 158 Å². The summed E-state index contributed by atoms with van der Waals surface area (Å²) >= 11 is 0. The molecule has 442 valence electrons. The number of rotatable bonds is 7. The second-order valence-corrected chi connectivity index (χ2v) is 16.4. The summed E-state index contributed by atoms with van der Waals surface area (Å²) in [4.78, 5) is 36.2. The number of pyridine rings is 3. The molecule has 0 atom stereocenters. The van der Waals surface area contributed by atoms with E-state index in [1.165, 1.54) is 11.1 Å². The number of hydrogen-bond acceptors (Lipinski definition) is 11. The van der Waals surface area contributed by atoms with Gasteiger partial charge in [-0.05, 0) is 101 Å². The van der Waals surface area contributed by atoms with Crippen molar-refractivity contribution < 1.29 is 0 Å². The lowest BCUT2D eigenvalue weighted by atomic mass is 10.1. The van der Waals surface area contributed by atoms with Gasteiger partial charge in [-0.15, -0.1) is 0 Å². The maximum absolute atomic E-state index is 4.18. The molecule has 0 N–H and O–H groups in total. The summed E-state index contributed by atoms with van der Waals surface area (Å²) in [7, 11) is 0. The van der Waals surface area contributed by atoms with E-state index in [9.17, 15) is 0 Å². The fourth-order valence-corrected chi connectivity index (χ4v) is 4.66. The molecule has 11 nitrogen and oxygen atoms in total. The second-order valence-electron chi connectivity index (χ2n) is 16.4. The molecule has 0 spiro atoms. The molecule has 7 heterocycles. The Balaban J connectivity index is -0.000000117. The van der Waals surface area contributed by atoms with E-state index in [1.807, 2.05) is 182 Å². The number of hydrogen-bond donors (Lipinski definition) is 0. The molecule has 0 saturated heterocycles. The van der Waals surface area contributed by atoms with Gasteiger partial charge in [-0.25, -0.2) is 19.9 Å². The van der Waals surface area contributed by atoms with Crippen LogP contribution in [0.1, 0.15) is 282 Å². The van der Waals surface area contributed by atoms with Gasteiger partial charge < -0.3 is 0 Å². The minimum Gasteiger partial charge on any atom is -0.265 e. The van der Waals surface area contributed by atoms with E-state index in [0.717, 1.165) is 28.6 Å². The van der Waals surface area contributed by atoms with E-state index < -0.39 is 0 Å². The van der Waals surface area contributed by atoms with Crippen LogP contribution in [0.15, 0.2) is 147 Å². The molecule has 0 aliphatic heterocycles. The fraction of sp³-hybridized carbons (Fsp3) is 0.537. The maximum atomic E-state index is 4.18. The zero-order valence-electron chi connectivity index (χ0n) is 54.3. The minimum atomic E-state index is 0. The average Bonchev–Trinajstić information content (AvgIpc) is 3.51. The van der Waals surface area contributed by atoms with Crippen molar-refractivity contribution in [2.75, 3.05) is 0 Å². The van der Waals surface area contributed by atoms with Crippen molar-refractivity contribution in [3.63, 3.8) is 0 Å². The molecule has 0 aliphatic carbocycles. The molecule has 7 aromatic rings. The molecular weight excluding hydrogens is 959 g/mol. The van der Waals surface area contributed by atoms with Gasteiger partial charge in [0, 0.05) is 91.7 Å². The molecule has 11 heteroatoms. The van der Waals surface area contributed by atoms with Gasteiger partial charge in [0.15, 0.2) is 0 Å². The summed E-state index contributed by atoms with van der Waals surface area (Å²) < 4.78 is 0. The third-order valence-corrected chi connectivity index (χ3v) is 8.66. The summed E-state index contributed by atoms with van der Waals surface area (Å²) in [5.74, 6) is 4.59. The third-order valence-electron chi connectivity index (χ3n) is 8.66. The van der Waals surface area contributed by atoms with Crippen LogP contribution in [0, 0.1) is 0 Å². The maximum Gasteiger partial charge on any atom is 0.130 e. The molecule has 0 aliphatic rings. The van der Waals surface area contributed by atoms with E-state index in [0.29, 0.717) is 41.4 Å². The van der Waals surface area contributed by atoms with Crippen molar-refractivity contribution in [1.82, 2.24) is 55.1 Å². The van der Waals surface area contributed by atoms with Crippen LogP contribution in [0.2, 0.25) is 0 Å². The largest absolute Gasteiger partial charge is 0.265 e. The predicted molar refractivity (Wildman–Crippen MR) is 346 cm³/mol. The quantitative estimate of drug-likeness (QED) is 0.151. The average molecular weight is 1080 g/mol. The Kier molecular flexibility index (Phi) is 77.9. The van der Waals surface area contributed by atoms with Crippen molar-refractivity contribution in [1.29, 1.82) is 0 Å². The van der Waals surface area contributed by atoms with Crippen molar-refractivity contribution in [3.8, 4) is 0 Å². The Bertz CT molecular complexity index is 1610. The van der Waals surface area contributed by atoms with E-state index in [4.69, 9.17) is 0 Å². The number of aromatic nitrogens is 11. The lowest BCUT2D eigenvalue weighted by molar-refractivity contribution is 0.774. The first-order valence-corrected chi connectivity index (χ1v) is 28.9. The highest BCUT2D eigenvalue weighted by Gasteiger charge is 2.00. The van der Waals surface area contributed by atoms with Gasteiger partial charge in [0.25, 0.3) is 0 Å². The molecule has 78 heavy (non-hydrogen) atoms. The molecule has 7 rings (SSSR count). The van der Waals surface area contributed by atoms with Crippen LogP contribution in [-0.4, -0.2) is 55.1 Å². The topological polar surface area (TPSA) is 142 Å². The van der Waals surface area contributed by atoms with Gasteiger partial charge in [-0.1, -0.05) is 213 Å². The van der Waals surface area contributed by atoms with E-state index >= 15 is 0 Å². The molecular formula is C67H119N11. The molecule has 0 aromatic carbocycles. The summed E-state index contributed by atoms with van der Waals surface area (Å²) in [6.45, 7) is 57.8. The second kappa shape index (κ2) is 68.8. The molecule has 0 radical (unpaired) electrons. The lowest BCUT2D eigenvalue weighted by Crippen LogP contribution is -1.93. The molecule has 0 fully saturated rings. The zero-order valence-corrected chi connectivity index (χ0v) is 54.3. The first kappa shape index (κ1) is 88.4.